The molecule has 4 aromatic rings. The minimum Gasteiger partial charge on any atom is -0.362 e. The highest BCUT2D eigenvalue weighted by molar-refractivity contribution is 7.17. The third-order valence-corrected chi connectivity index (χ3v) is 4.89. The Hall–Kier alpha value is -2.80. The van der Waals surface area contributed by atoms with E-state index in [-0.39, 0.29) is 5.82 Å². The number of halogens is 1. The van der Waals surface area contributed by atoms with Gasteiger partial charge in [0.1, 0.15) is 28.5 Å². The number of thiophene rings is 1. The fourth-order valence-electron chi connectivity index (χ4n) is 2.65. The zero-order valence-electron chi connectivity index (χ0n) is 13.5. The molecule has 0 unspecified atom stereocenters. The van der Waals surface area contributed by atoms with Crippen LogP contribution in [-0.2, 0) is 13.0 Å². The van der Waals surface area contributed by atoms with Crippen molar-refractivity contribution in [2.45, 2.75) is 19.9 Å². The van der Waals surface area contributed by atoms with Crippen LogP contribution in [0.25, 0.3) is 21.5 Å². The molecule has 0 aliphatic carbocycles. The minimum absolute atomic E-state index is 0.274. The lowest BCUT2D eigenvalue weighted by Gasteiger charge is -2.05. The van der Waals surface area contributed by atoms with Crippen LogP contribution in [0, 0.1) is 5.82 Å². The number of nitrogens with one attached hydrogen (secondary N) is 1. The van der Waals surface area contributed by atoms with Crippen LogP contribution in [0.15, 0.2) is 46.6 Å². The van der Waals surface area contributed by atoms with Crippen LogP contribution in [0.4, 0.5) is 10.2 Å². The average molecular weight is 354 g/mol. The zero-order valence-corrected chi connectivity index (χ0v) is 14.3. The first-order chi connectivity index (χ1) is 12.2. The minimum atomic E-state index is -0.274. The van der Waals surface area contributed by atoms with Crippen LogP contribution >= 0.6 is 11.3 Å². The maximum atomic E-state index is 13.0. The summed E-state index contributed by atoms with van der Waals surface area (Å²) < 4.78 is 18.4. The van der Waals surface area contributed by atoms with E-state index in [0.29, 0.717) is 18.0 Å². The van der Waals surface area contributed by atoms with Gasteiger partial charge < -0.3 is 9.84 Å². The van der Waals surface area contributed by atoms with Crippen molar-refractivity contribution in [2.75, 3.05) is 5.32 Å². The number of benzene rings is 1. The Morgan fingerprint density at radius 3 is 2.84 bits per heavy atom. The third-order valence-electron chi connectivity index (χ3n) is 3.96. The molecule has 0 saturated heterocycles. The van der Waals surface area contributed by atoms with Crippen LogP contribution < -0.4 is 5.32 Å². The van der Waals surface area contributed by atoms with Crippen molar-refractivity contribution in [3.05, 3.63) is 59.2 Å². The standard InChI is InChI=1S/C18H15FN4OS/c1-2-11-9-25-18-16(11)17(21-10-22-18)20-8-14-7-15(23-24-14)12-3-5-13(19)6-4-12/h3-7,9-10H,2,8H2,1H3,(H,20,21,22). The molecule has 5 nitrogen and oxygen atoms in total. The molecule has 0 amide bonds. The Morgan fingerprint density at radius 2 is 2.04 bits per heavy atom. The summed E-state index contributed by atoms with van der Waals surface area (Å²) in [4.78, 5) is 9.65. The molecule has 0 atom stereocenters. The zero-order chi connectivity index (χ0) is 17.2. The predicted octanol–water partition coefficient (Wildman–Crippen LogP) is 4.66. The maximum Gasteiger partial charge on any atom is 0.156 e. The van der Waals surface area contributed by atoms with Gasteiger partial charge in [0.05, 0.1) is 11.9 Å². The lowest BCUT2D eigenvalue weighted by molar-refractivity contribution is 0.390. The van der Waals surface area contributed by atoms with Crippen molar-refractivity contribution in [3.63, 3.8) is 0 Å². The normalized spacial score (nSPS) is 11.1. The van der Waals surface area contributed by atoms with Crippen LogP contribution in [0.5, 0.6) is 0 Å². The molecule has 0 spiro atoms. The van der Waals surface area contributed by atoms with E-state index in [1.54, 1.807) is 29.8 Å². The average Bonchev–Trinajstić information content (AvgIpc) is 3.27. The fourth-order valence-corrected chi connectivity index (χ4v) is 3.64. The highest BCUT2D eigenvalue weighted by Crippen LogP contribution is 2.30. The molecular weight excluding hydrogens is 339 g/mol. The van der Waals surface area contributed by atoms with Gasteiger partial charge in [0.2, 0.25) is 0 Å². The molecule has 0 radical (unpaired) electrons. The molecule has 3 aromatic heterocycles. The van der Waals surface area contributed by atoms with E-state index in [2.05, 4.69) is 32.7 Å². The highest BCUT2D eigenvalue weighted by Gasteiger charge is 2.12. The van der Waals surface area contributed by atoms with Crippen LogP contribution in [0.2, 0.25) is 0 Å². The lowest BCUT2D eigenvalue weighted by Crippen LogP contribution is -2.01. The van der Waals surface area contributed by atoms with E-state index >= 15 is 0 Å². The van der Waals surface area contributed by atoms with Gasteiger partial charge in [-0.3, -0.25) is 0 Å². The van der Waals surface area contributed by atoms with Crippen molar-refractivity contribution in [1.29, 1.82) is 0 Å². The van der Waals surface area contributed by atoms with Crippen molar-refractivity contribution in [2.24, 2.45) is 0 Å². The third kappa shape index (κ3) is 3.10. The maximum absolute atomic E-state index is 13.0. The molecule has 1 aromatic carbocycles. The summed E-state index contributed by atoms with van der Waals surface area (Å²) >= 11 is 1.62. The van der Waals surface area contributed by atoms with Gasteiger partial charge >= 0.3 is 0 Å². The second-order valence-electron chi connectivity index (χ2n) is 5.56. The Labute approximate surface area is 147 Å². The SMILES string of the molecule is CCc1csc2ncnc(NCc3cc(-c4ccc(F)cc4)no3)c12. The summed E-state index contributed by atoms with van der Waals surface area (Å²) in [5, 5.41) is 10.5. The molecule has 126 valence electrons. The number of aryl methyl sites for hydroxylation is 1. The highest BCUT2D eigenvalue weighted by atomic mass is 32.1. The first kappa shape index (κ1) is 15.7. The molecule has 0 aliphatic rings. The number of nitrogens with zero attached hydrogens (tertiary/aromatic N) is 3. The van der Waals surface area contributed by atoms with E-state index in [1.807, 2.05) is 6.07 Å². The largest absolute Gasteiger partial charge is 0.362 e. The van der Waals surface area contributed by atoms with Crippen molar-refractivity contribution in [3.8, 4) is 11.3 Å². The van der Waals surface area contributed by atoms with E-state index in [1.165, 1.54) is 17.7 Å². The number of fused-ring (bicyclic) bond motifs is 1. The van der Waals surface area contributed by atoms with Gasteiger partial charge in [0.25, 0.3) is 0 Å². The fraction of sp³-hybridized carbons (Fsp3) is 0.167. The first-order valence-electron chi connectivity index (χ1n) is 7.91. The molecule has 0 aliphatic heterocycles. The summed E-state index contributed by atoms with van der Waals surface area (Å²) in [5.74, 6) is 1.20. The van der Waals surface area contributed by atoms with E-state index < -0.39 is 0 Å². The summed E-state index contributed by atoms with van der Waals surface area (Å²) in [7, 11) is 0. The monoisotopic (exact) mass is 354 g/mol. The second-order valence-corrected chi connectivity index (χ2v) is 6.41. The summed E-state index contributed by atoms with van der Waals surface area (Å²) in [6, 6.07) is 8.01. The van der Waals surface area contributed by atoms with E-state index in [9.17, 15) is 4.39 Å². The predicted molar refractivity (Wildman–Crippen MR) is 96.0 cm³/mol. The number of anilines is 1. The number of hydrogen-bond donors (Lipinski definition) is 1. The van der Waals surface area contributed by atoms with Crippen molar-refractivity contribution >= 4 is 27.4 Å². The number of hydrogen-bond acceptors (Lipinski definition) is 6. The van der Waals surface area contributed by atoms with Gasteiger partial charge in [-0.1, -0.05) is 12.1 Å². The Bertz CT molecular complexity index is 1010. The quantitative estimate of drug-likeness (QED) is 0.565. The smallest absolute Gasteiger partial charge is 0.156 e. The topological polar surface area (TPSA) is 63.8 Å². The Balaban J connectivity index is 1.54. The lowest BCUT2D eigenvalue weighted by atomic mass is 10.1. The molecule has 4 rings (SSSR count). The van der Waals surface area contributed by atoms with E-state index in [0.717, 1.165) is 28.0 Å². The van der Waals surface area contributed by atoms with Gasteiger partial charge in [0.15, 0.2) is 5.76 Å². The van der Waals surface area contributed by atoms with Gasteiger partial charge in [-0.15, -0.1) is 11.3 Å². The molecule has 7 heteroatoms. The van der Waals surface area contributed by atoms with Gasteiger partial charge in [-0.05, 0) is 41.6 Å². The molecule has 0 bridgehead atoms. The van der Waals surface area contributed by atoms with Crippen LogP contribution in [0.1, 0.15) is 18.2 Å². The number of aromatic nitrogens is 3. The second kappa shape index (κ2) is 6.60. The summed E-state index contributed by atoms with van der Waals surface area (Å²) in [5.41, 5.74) is 2.72. The van der Waals surface area contributed by atoms with Crippen LogP contribution in [0.3, 0.4) is 0 Å². The molecule has 0 saturated carbocycles. The molecule has 0 fully saturated rings. The summed E-state index contributed by atoms with van der Waals surface area (Å²) in [6.45, 7) is 2.57. The Morgan fingerprint density at radius 1 is 1.20 bits per heavy atom. The Kier molecular flexibility index (Phi) is 4.15. The van der Waals surface area contributed by atoms with Gasteiger partial charge in [0, 0.05) is 11.6 Å². The molecule has 3 heterocycles. The van der Waals surface area contributed by atoms with Crippen molar-refractivity contribution < 1.29 is 8.91 Å². The van der Waals surface area contributed by atoms with Crippen molar-refractivity contribution in [1.82, 2.24) is 15.1 Å². The summed E-state index contributed by atoms with van der Waals surface area (Å²) in [6.07, 6.45) is 2.49. The van der Waals surface area contributed by atoms with Gasteiger partial charge in [-0.25, -0.2) is 14.4 Å². The first-order valence-corrected chi connectivity index (χ1v) is 8.79. The molecular formula is C18H15FN4OS. The van der Waals surface area contributed by atoms with Gasteiger partial charge in [-0.2, -0.15) is 0 Å². The van der Waals surface area contributed by atoms with E-state index in [4.69, 9.17) is 4.52 Å². The van der Waals surface area contributed by atoms with Crippen LogP contribution in [-0.4, -0.2) is 15.1 Å². The number of rotatable bonds is 5. The molecule has 25 heavy (non-hydrogen) atoms. The molecule has 1 N–H and O–H groups in total.